The van der Waals surface area contributed by atoms with Crippen LogP contribution in [0.3, 0.4) is 0 Å². The van der Waals surface area contributed by atoms with Crippen LogP contribution in [-0.4, -0.2) is 14.8 Å². The lowest BCUT2D eigenvalue weighted by atomic mass is 9.94. The van der Waals surface area contributed by atoms with E-state index in [4.69, 9.17) is 12.2 Å². The summed E-state index contributed by atoms with van der Waals surface area (Å²) in [5, 5.41) is 7.42. The Labute approximate surface area is 119 Å². The maximum absolute atomic E-state index is 5.38. The second kappa shape index (κ2) is 5.29. The zero-order valence-corrected chi connectivity index (χ0v) is 12.8. The Morgan fingerprint density at radius 1 is 1.26 bits per heavy atom. The second-order valence-electron chi connectivity index (χ2n) is 5.76. The first-order valence-corrected chi connectivity index (χ1v) is 7.08. The fourth-order valence-electron chi connectivity index (χ4n) is 2.44. The molecule has 1 heterocycles. The Bertz CT molecular complexity index is 590. The Hall–Kier alpha value is -1.42. The average Bonchev–Trinajstić information content (AvgIpc) is 2.73. The summed E-state index contributed by atoms with van der Waals surface area (Å²) in [6.45, 7) is 8.64. The lowest BCUT2D eigenvalue weighted by molar-refractivity contribution is 0.371. The number of hydrogen-bond donors (Lipinski definition) is 1. The van der Waals surface area contributed by atoms with E-state index in [9.17, 15) is 0 Å². The predicted molar refractivity (Wildman–Crippen MR) is 81.0 cm³/mol. The van der Waals surface area contributed by atoms with Gasteiger partial charge in [0.05, 0.1) is 0 Å². The van der Waals surface area contributed by atoms with Gasteiger partial charge in [-0.1, -0.05) is 37.3 Å². The number of hydrogen-bond acceptors (Lipinski definition) is 2. The van der Waals surface area contributed by atoms with Crippen LogP contribution in [0.5, 0.6) is 0 Å². The molecule has 2 aromatic rings. The number of aromatic amines is 1. The number of aromatic nitrogens is 3. The molecule has 102 valence electrons. The highest BCUT2D eigenvalue weighted by atomic mass is 32.1. The summed E-state index contributed by atoms with van der Waals surface area (Å²) in [7, 11) is 0. The van der Waals surface area contributed by atoms with Crippen molar-refractivity contribution in [3.8, 4) is 0 Å². The molecular formula is C15H21N3S. The Morgan fingerprint density at radius 3 is 2.42 bits per heavy atom. The van der Waals surface area contributed by atoms with Crippen LogP contribution in [0.15, 0.2) is 30.3 Å². The van der Waals surface area contributed by atoms with E-state index in [1.807, 2.05) is 6.07 Å². The molecule has 0 saturated heterocycles. The molecule has 1 atom stereocenters. The van der Waals surface area contributed by atoms with Gasteiger partial charge in [-0.15, -0.1) is 0 Å². The zero-order chi connectivity index (χ0) is 14.0. The van der Waals surface area contributed by atoms with Gasteiger partial charge in [-0.05, 0) is 45.0 Å². The molecule has 0 saturated carbocycles. The Morgan fingerprint density at radius 2 is 1.89 bits per heavy atom. The van der Waals surface area contributed by atoms with Crippen LogP contribution in [0.25, 0.3) is 0 Å². The fourth-order valence-corrected chi connectivity index (χ4v) is 2.86. The van der Waals surface area contributed by atoms with Crippen molar-refractivity contribution in [1.82, 2.24) is 14.8 Å². The van der Waals surface area contributed by atoms with E-state index in [0.717, 1.165) is 12.2 Å². The quantitative estimate of drug-likeness (QED) is 0.850. The minimum Gasteiger partial charge on any atom is -0.298 e. The van der Waals surface area contributed by atoms with Crippen LogP contribution in [0, 0.1) is 4.77 Å². The van der Waals surface area contributed by atoms with Crippen LogP contribution in [-0.2, 0) is 5.54 Å². The Kier molecular flexibility index (Phi) is 3.90. The van der Waals surface area contributed by atoms with Crippen molar-refractivity contribution in [3.05, 3.63) is 46.5 Å². The summed E-state index contributed by atoms with van der Waals surface area (Å²) < 4.78 is 2.82. The van der Waals surface area contributed by atoms with Gasteiger partial charge < -0.3 is 0 Å². The van der Waals surface area contributed by atoms with Gasteiger partial charge in [0.1, 0.15) is 5.82 Å². The first kappa shape index (κ1) is 14.0. The average molecular weight is 275 g/mol. The summed E-state index contributed by atoms with van der Waals surface area (Å²) in [4.78, 5) is 0. The maximum atomic E-state index is 5.38. The standard InChI is InChI=1S/C15H21N3S/c1-5-12(11-9-7-6-8-10-11)13-16-17-14(19)18(13)15(2,3)4/h6-10,12H,5H2,1-4H3,(H,17,19). The van der Waals surface area contributed by atoms with Crippen LogP contribution in [0.1, 0.15) is 51.4 Å². The molecule has 1 aromatic heterocycles. The molecule has 1 aromatic carbocycles. The van der Waals surface area contributed by atoms with E-state index < -0.39 is 0 Å². The van der Waals surface area contributed by atoms with Crippen LogP contribution < -0.4 is 0 Å². The number of nitrogens with one attached hydrogen (secondary N) is 1. The van der Waals surface area contributed by atoms with E-state index in [1.54, 1.807) is 0 Å². The summed E-state index contributed by atoms with van der Waals surface area (Å²) in [6.07, 6.45) is 1.000. The van der Waals surface area contributed by atoms with Crippen LogP contribution in [0.4, 0.5) is 0 Å². The highest BCUT2D eigenvalue weighted by molar-refractivity contribution is 7.71. The first-order chi connectivity index (χ1) is 8.95. The van der Waals surface area contributed by atoms with Gasteiger partial charge in [0.15, 0.2) is 4.77 Å². The van der Waals surface area contributed by atoms with Crippen molar-refractivity contribution in [2.75, 3.05) is 0 Å². The van der Waals surface area contributed by atoms with Gasteiger partial charge in [-0.2, -0.15) is 5.10 Å². The third-order valence-electron chi connectivity index (χ3n) is 3.29. The summed E-state index contributed by atoms with van der Waals surface area (Å²) >= 11 is 5.38. The topological polar surface area (TPSA) is 33.6 Å². The van der Waals surface area contributed by atoms with Gasteiger partial charge in [-0.3, -0.25) is 9.67 Å². The minimum atomic E-state index is -0.0678. The predicted octanol–water partition coefficient (Wildman–Crippen LogP) is 4.24. The number of rotatable bonds is 3. The largest absolute Gasteiger partial charge is 0.298 e. The number of H-pyrrole nitrogens is 1. The van der Waals surface area contributed by atoms with E-state index in [1.165, 1.54) is 5.56 Å². The van der Waals surface area contributed by atoms with Gasteiger partial charge in [0.25, 0.3) is 0 Å². The highest BCUT2D eigenvalue weighted by Gasteiger charge is 2.25. The third kappa shape index (κ3) is 2.78. The molecule has 4 heteroatoms. The molecular weight excluding hydrogens is 254 g/mol. The lowest BCUT2D eigenvalue weighted by Crippen LogP contribution is -2.26. The number of nitrogens with zero attached hydrogens (tertiary/aromatic N) is 2. The van der Waals surface area contributed by atoms with Gasteiger partial charge in [-0.25, -0.2) is 0 Å². The SMILES string of the molecule is CCC(c1ccccc1)c1n[nH]c(=S)n1C(C)(C)C. The van der Waals surface area contributed by atoms with Gasteiger partial charge in [0, 0.05) is 11.5 Å². The third-order valence-corrected chi connectivity index (χ3v) is 3.56. The fraction of sp³-hybridized carbons (Fsp3) is 0.467. The van der Waals surface area contributed by atoms with Gasteiger partial charge >= 0.3 is 0 Å². The van der Waals surface area contributed by atoms with Crippen molar-refractivity contribution in [2.24, 2.45) is 0 Å². The monoisotopic (exact) mass is 275 g/mol. The zero-order valence-electron chi connectivity index (χ0n) is 12.0. The smallest absolute Gasteiger partial charge is 0.195 e. The maximum Gasteiger partial charge on any atom is 0.195 e. The molecule has 0 fully saturated rings. The van der Waals surface area contributed by atoms with Crippen molar-refractivity contribution >= 4 is 12.2 Å². The number of benzene rings is 1. The van der Waals surface area contributed by atoms with E-state index >= 15 is 0 Å². The molecule has 2 rings (SSSR count). The molecule has 0 aliphatic carbocycles. The Balaban J connectivity index is 2.55. The molecule has 1 unspecified atom stereocenters. The lowest BCUT2D eigenvalue weighted by Gasteiger charge is -2.25. The summed E-state index contributed by atoms with van der Waals surface area (Å²) in [5.41, 5.74) is 1.21. The van der Waals surface area contributed by atoms with E-state index in [2.05, 4.69) is 66.7 Å². The van der Waals surface area contributed by atoms with Crippen molar-refractivity contribution in [2.45, 2.75) is 45.6 Å². The van der Waals surface area contributed by atoms with E-state index in [0.29, 0.717) is 4.77 Å². The molecule has 0 aliphatic rings. The van der Waals surface area contributed by atoms with Crippen molar-refractivity contribution in [3.63, 3.8) is 0 Å². The molecule has 0 radical (unpaired) electrons. The highest BCUT2D eigenvalue weighted by Crippen LogP contribution is 2.29. The molecule has 19 heavy (non-hydrogen) atoms. The normalized spacial score (nSPS) is 13.5. The molecule has 1 N–H and O–H groups in total. The second-order valence-corrected chi connectivity index (χ2v) is 6.15. The molecule has 0 spiro atoms. The van der Waals surface area contributed by atoms with Crippen molar-refractivity contribution < 1.29 is 0 Å². The summed E-state index contributed by atoms with van der Waals surface area (Å²) in [6, 6.07) is 10.5. The van der Waals surface area contributed by atoms with Gasteiger partial charge in [0.2, 0.25) is 0 Å². The molecule has 0 amide bonds. The van der Waals surface area contributed by atoms with Crippen LogP contribution in [0.2, 0.25) is 0 Å². The molecule has 0 bridgehead atoms. The van der Waals surface area contributed by atoms with E-state index in [-0.39, 0.29) is 11.5 Å². The van der Waals surface area contributed by atoms with Crippen LogP contribution >= 0.6 is 12.2 Å². The molecule has 0 aliphatic heterocycles. The first-order valence-electron chi connectivity index (χ1n) is 6.68. The molecule has 3 nitrogen and oxygen atoms in total. The van der Waals surface area contributed by atoms with Crippen molar-refractivity contribution in [1.29, 1.82) is 0 Å². The minimum absolute atomic E-state index is 0.0678. The summed E-state index contributed by atoms with van der Waals surface area (Å²) in [5.74, 6) is 1.29.